The van der Waals surface area contributed by atoms with Gasteiger partial charge in [-0.05, 0) is 25.0 Å². The van der Waals surface area contributed by atoms with Gasteiger partial charge in [0.15, 0.2) is 0 Å². The molecule has 0 spiro atoms. The van der Waals surface area contributed by atoms with E-state index in [1.54, 1.807) is 12.1 Å². The van der Waals surface area contributed by atoms with Gasteiger partial charge in [0.05, 0.1) is 17.4 Å². The lowest BCUT2D eigenvalue weighted by Crippen LogP contribution is -2.36. The average Bonchev–Trinajstić information content (AvgIpc) is 2.56. The van der Waals surface area contributed by atoms with Crippen LogP contribution in [0.25, 0.3) is 10.9 Å². The number of rotatable bonds is 5. The number of carbonyl (C=O) groups excluding carboxylic acids is 1. The number of para-hydroxylation sites is 1. The van der Waals surface area contributed by atoms with Gasteiger partial charge in [-0.1, -0.05) is 44.2 Å². The molecule has 0 aliphatic heterocycles. The van der Waals surface area contributed by atoms with Crippen LogP contribution in [-0.2, 0) is 17.9 Å². The Kier molecular flexibility index (Phi) is 5.81. The zero-order valence-corrected chi connectivity index (χ0v) is 14.5. The van der Waals surface area contributed by atoms with Gasteiger partial charge < -0.3 is 11.1 Å². The zero-order valence-electron chi connectivity index (χ0n) is 14.5. The number of nitrogens with zero attached hydrogens (tertiary/aromatic N) is 2. The van der Waals surface area contributed by atoms with Crippen molar-refractivity contribution in [1.82, 2.24) is 14.9 Å². The molecule has 0 unspecified atom stereocenters. The third kappa shape index (κ3) is 4.45. The number of hydrogen-bond acceptors (Lipinski definition) is 4. The number of carbonyl (C=O) groups is 1. The normalized spacial score (nSPS) is 16.5. The minimum absolute atomic E-state index is 0.141. The summed E-state index contributed by atoms with van der Waals surface area (Å²) in [6, 6.07) is 7.65. The number of nitrogens with one attached hydrogen (secondary N) is 1. The summed E-state index contributed by atoms with van der Waals surface area (Å²) in [5.41, 5.74) is 5.78. The maximum atomic E-state index is 12.7. The molecule has 6 heteroatoms. The summed E-state index contributed by atoms with van der Waals surface area (Å²) >= 11 is 0. The van der Waals surface area contributed by atoms with Crippen molar-refractivity contribution in [3.8, 4) is 0 Å². The molecule has 1 amide bonds. The molecule has 3 rings (SSSR count). The Morgan fingerprint density at radius 2 is 1.84 bits per heavy atom. The van der Waals surface area contributed by atoms with Gasteiger partial charge in [-0.3, -0.25) is 14.2 Å². The van der Waals surface area contributed by atoms with E-state index in [2.05, 4.69) is 10.3 Å². The van der Waals surface area contributed by atoms with Crippen LogP contribution in [-0.4, -0.2) is 21.5 Å². The fraction of sp³-hybridized carbons (Fsp3) is 0.526. The molecule has 1 aliphatic rings. The minimum Gasteiger partial charge on any atom is -0.368 e. The predicted octanol–water partition coefficient (Wildman–Crippen LogP) is 2.08. The zero-order chi connectivity index (χ0) is 17.6. The fourth-order valence-corrected chi connectivity index (χ4v) is 3.56. The van der Waals surface area contributed by atoms with Gasteiger partial charge >= 0.3 is 0 Å². The van der Waals surface area contributed by atoms with Gasteiger partial charge in [0, 0.05) is 6.04 Å². The first kappa shape index (κ1) is 17.6. The number of primary amides is 1. The molecule has 0 bridgehead atoms. The molecule has 25 heavy (non-hydrogen) atoms. The van der Waals surface area contributed by atoms with Gasteiger partial charge in [0.2, 0.25) is 5.91 Å². The number of hydrogen-bond donors (Lipinski definition) is 2. The van der Waals surface area contributed by atoms with E-state index in [0.717, 1.165) is 12.8 Å². The third-order valence-electron chi connectivity index (χ3n) is 4.91. The summed E-state index contributed by atoms with van der Waals surface area (Å²) in [7, 11) is 0. The highest BCUT2D eigenvalue weighted by Crippen LogP contribution is 2.17. The second-order valence-corrected chi connectivity index (χ2v) is 6.83. The summed E-state index contributed by atoms with van der Waals surface area (Å²) in [5.74, 6) is 0.0379. The first-order valence-electron chi connectivity index (χ1n) is 9.15. The first-order chi connectivity index (χ1) is 12.1. The molecule has 6 nitrogen and oxygen atoms in total. The Hall–Kier alpha value is -2.21. The van der Waals surface area contributed by atoms with E-state index < -0.39 is 5.91 Å². The quantitative estimate of drug-likeness (QED) is 0.870. The Morgan fingerprint density at radius 3 is 2.56 bits per heavy atom. The predicted molar refractivity (Wildman–Crippen MR) is 98.1 cm³/mol. The van der Waals surface area contributed by atoms with Gasteiger partial charge in [0.1, 0.15) is 12.4 Å². The third-order valence-corrected chi connectivity index (χ3v) is 4.91. The Bertz CT molecular complexity index is 792. The summed E-state index contributed by atoms with van der Waals surface area (Å²) in [4.78, 5) is 28.7. The van der Waals surface area contributed by atoms with Crippen molar-refractivity contribution in [3.63, 3.8) is 0 Å². The van der Waals surface area contributed by atoms with E-state index >= 15 is 0 Å². The lowest BCUT2D eigenvalue weighted by molar-refractivity contribution is -0.118. The standard InChI is InChI=1S/C19H26N4O2/c20-17(24)13-23-18(12-21-14-8-4-2-1-3-5-9-14)22-16-11-7-6-10-15(16)19(23)25/h6-7,10-11,14,21H,1-5,8-9,12-13H2,(H2,20,24). The van der Waals surface area contributed by atoms with Crippen molar-refractivity contribution in [2.75, 3.05) is 0 Å². The number of aromatic nitrogens is 2. The summed E-state index contributed by atoms with van der Waals surface area (Å²) in [5, 5.41) is 4.05. The lowest BCUT2D eigenvalue weighted by atomic mass is 9.97. The first-order valence-corrected chi connectivity index (χ1v) is 9.15. The summed E-state index contributed by atoms with van der Waals surface area (Å²) in [6.07, 6.45) is 8.67. The molecule has 1 fully saturated rings. The van der Waals surface area contributed by atoms with Crippen LogP contribution in [0.2, 0.25) is 0 Å². The van der Waals surface area contributed by atoms with Gasteiger partial charge in [-0.25, -0.2) is 4.98 Å². The van der Waals surface area contributed by atoms with Gasteiger partial charge in [-0.15, -0.1) is 0 Å². The summed E-state index contributed by atoms with van der Waals surface area (Å²) < 4.78 is 1.40. The number of benzene rings is 1. The monoisotopic (exact) mass is 342 g/mol. The van der Waals surface area contributed by atoms with Crippen molar-refractivity contribution in [2.45, 2.75) is 64.1 Å². The minimum atomic E-state index is -0.536. The second kappa shape index (κ2) is 8.25. The van der Waals surface area contributed by atoms with Crippen LogP contribution in [0.5, 0.6) is 0 Å². The van der Waals surface area contributed by atoms with E-state index in [0.29, 0.717) is 29.3 Å². The van der Waals surface area contributed by atoms with Crippen molar-refractivity contribution >= 4 is 16.8 Å². The van der Waals surface area contributed by atoms with Crippen LogP contribution in [0.1, 0.15) is 50.8 Å². The van der Waals surface area contributed by atoms with Gasteiger partial charge in [-0.2, -0.15) is 0 Å². The molecule has 0 atom stereocenters. The Morgan fingerprint density at radius 1 is 1.16 bits per heavy atom. The number of fused-ring (bicyclic) bond motifs is 1. The molecule has 0 saturated heterocycles. The molecule has 1 saturated carbocycles. The molecular formula is C19H26N4O2. The van der Waals surface area contributed by atoms with Crippen LogP contribution in [0.4, 0.5) is 0 Å². The van der Waals surface area contributed by atoms with E-state index in [-0.39, 0.29) is 12.1 Å². The molecule has 2 aromatic rings. The highest BCUT2D eigenvalue weighted by molar-refractivity contribution is 5.78. The van der Waals surface area contributed by atoms with E-state index in [1.165, 1.54) is 36.7 Å². The average molecular weight is 342 g/mol. The molecular weight excluding hydrogens is 316 g/mol. The molecule has 3 N–H and O–H groups in total. The summed E-state index contributed by atoms with van der Waals surface area (Å²) in [6.45, 7) is 0.330. The maximum absolute atomic E-state index is 12.7. The van der Waals surface area contributed by atoms with E-state index in [1.807, 2.05) is 12.1 Å². The van der Waals surface area contributed by atoms with Crippen LogP contribution < -0.4 is 16.6 Å². The van der Waals surface area contributed by atoms with Crippen LogP contribution >= 0.6 is 0 Å². The fourth-order valence-electron chi connectivity index (χ4n) is 3.56. The molecule has 1 aromatic carbocycles. The molecule has 0 radical (unpaired) electrons. The SMILES string of the molecule is NC(=O)Cn1c(CNC2CCCCCCC2)nc2ccccc2c1=O. The highest BCUT2D eigenvalue weighted by Gasteiger charge is 2.15. The lowest BCUT2D eigenvalue weighted by Gasteiger charge is -2.22. The molecule has 1 heterocycles. The van der Waals surface area contributed by atoms with Crippen molar-refractivity contribution in [1.29, 1.82) is 0 Å². The smallest absolute Gasteiger partial charge is 0.261 e. The second-order valence-electron chi connectivity index (χ2n) is 6.83. The Balaban J connectivity index is 1.85. The molecule has 1 aliphatic carbocycles. The van der Waals surface area contributed by atoms with Crippen molar-refractivity contribution < 1.29 is 4.79 Å². The largest absolute Gasteiger partial charge is 0.368 e. The van der Waals surface area contributed by atoms with Gasteiger partial charge in [0.25, 0.3) is 5.56 Å². The number of amides is 1. The van der Waals surface area contributed by atoms with E-state index in [9.17, 15) is 9.59 Å². The molecule has 1 aromatic heterocycles. The topological polar surface area (TPSA) is 90.0 Å². The van der Waals surface area contributed by atoms with Crippen LogP contribution in [0, 0.1) is 0 Å². The van der Waals surface area contributed by atoms with Crippen molar-refractivity contribution in [3.05, 3.63) is 40.4 Å². The molecule has 134 valence electrons. The van der Waals surface area contributed by atoms with Crippen LogP contribution in [0.15, 0.2) is 29.1 Å². The van der Waals surface area contributed by atoms with Crippen LogP contribution in [0.3, 0.4) is 0 Å². The van der Waals surface area contributed by atoms with E-state index in [4.69, 9.17) is 5.73 Å². The Labute approximate surface area is 147 Å². The highest BCUT2D eigenvalue weighted by atomic mass is 16.2. The number of nitrogens with two attached hydrogens (primary N) is 1. The maximum Gasteiger partial charge on any atom is 0.261 e. The van der Waals surface area contributed by atoms with Crippen molar-refractivity contribution in [2.24, 2.45) is 5.73 Å².